The fourth-order valence-electron chi connectivity index (χ4n) is 2.13. The smallest absolute Gasteiger partial charge is 0.355 e. The SMILES string of the molecule is CC(C)Oc1ccc(Nc2nc(=O)n(C(C)C)c(=O)n2C)cc1. The van der Waals surface area contributed by atoms with Crippen LogP contribution in [-0.2, 0) is 7.05 Å². The highest BCUT2D eigenvalue weighted by Crippen LogP contribution is 2.18. The molecule has 7 heteroatoms. The van der Waals surface area contributed by atoms with Crippen LogP contribution in [0.25, 0.3) is 0 Å². The largest absolute Gasteiger partial charge is 0.491 e. The second-order valence-corrected chi connectivity index (χ2v) is 5.84. The predicted molar refractivity (Wildman–Crippen MR) is 89.6 cm³/mol. The summed E-state index contributed by atoms with van der Waals surface area (Å²) in [4.78, 5) is 28.2. The molecule has 0 fully saturated rings. The van der Waals surface area contributed by atoms with Crippen LogP contribution in [-0.4, -0.2) is 20.2 Å². The van der Waals surface area contributed by atoms with Gasteiger partial charge in [-0.15, -0.1) is 0 Å². The van der Waals surface area contributed by atoms with Gasteiger partial charge in [0.15, 0.2) is 0 Å². The highest BCUT2D eigenvalue weighted by Gasteiger charge is 2.12. The predicted octanol–water partition coefficient (Wildman–Crippen LogP) is 2.05. The molecule has 0 saturated carbocycles. The van der Waals surface area contributed by atoms with E-state index in [4.69, 9.17) is 4.74 Å². The minimum atomic E-state index is -0.564. The van der Waals surface area contributed by atoms with Gasteiger partial charge in [0.05, 0.1) is 6.10 Å². The van der Waals surface area contributed by atoms with E-state index in [2.05, 4.69) is 10.3 Å². The Bertz CT molecular complexity index is 788. The molecule has 0 aliphatic rings. The third kappa shape index (κ3) is 3.80. The number of rotatable bonds is 5. The first kappa shape index (κ1) is 16.8. The summed E-state index contributed by atoms with van der Waals surface area (Å²) in [5.41, 5.74) is -0.252. The molecule has 0 bridgehead atoms. The summed E-state index contributed by atoms with van der Waals surface area (Å²) >= 11 is 0. The second-order valence-electron chi connectivity index (χ2n) is 5.84. The first-order valence-electron chi connectivity index (χ1n) is 7.53. The molecule has 1 aromatic carbocycles. The van der Waals surface area contributed by atoms with Crippen molar-refractivity contribution in [2.24, 2.45) is 7.05 Å². The number of benzene rings is 1. The van der Waals surface area contributed by atoms with E-state index < -0.39 is 11.4 Å². The molecule has 1 N–H and O–H groups in total. The van der Waals surface area contributed by atoms with E-state index in [1.165, 1.54) is 4.57 Å². The number of ether oxygens (including phenoxy) is 1. The van der Waals surface area contributed by atoms with Crippen LogP contribution in [0.4, 0.5) is 11.6 Å². The van der Waals surface area contributed by atoms with Crippen LogP contribution < -0.4 is 21.4 Å². The minimum Gasteiger partial charge on any atom is -0.491 e. The molecule has 0 unspecified atom stereocenters. The van der Waals surface area contributed by atoms with Crippen molar-refractivity contribution in [2.45, 2.75) is 39.8 Å². The summed E-state index contributed by atoms with van der Waals surface area (Å²) in [5.74, 6) is 0.956. The molecule has 0 aliphatic carbocycles. The van der Waals surface area contributed by atoms with Crippen molar-refractivity contribution >= 4 is 11.6 Å². The first-order chi connectivity index (χ1) is 10.8. The van der Waals surface area contributed by atoms with Gasteiger partial charge in [-0.1, -0.05) is 0 Å². The molecular formula is C16H22N4O3. The van der Waals surface area contributed by atoms with E-state index in [0.717, 1.165) is 10.3 Å². The number of hydrogen-bond acceptors (Lipinski definition) is 5. The molecule has 1 heterocycles. The van der Waals surface area contributed by atoms with Gasteiger partial charge in [0, 0.05) is 18.8 Å². The van der Waals surface area contributed by atoms with Crippen molar-refractivity contribution < 1.29 is 4.74 Å². The van der Waals surface area contributed by atoms with Crippen molar-refractivity contribution in [3.63, 3.8) is 0 Å². The van der Waals surface area contributed by atoms with Crippen molar-refractivity contribution in [2.75, 3.05) is 5.32 Å². The van der Waals surface area contributed by atoms with Crippen LogP contribution in [0.1, 0.15) is 33.7 Å². The molecule has 1 aromatic heterocycles. The van der Waals surface area contributed by atoms with Crippen molar-refractivity contribution in [1.29, 1.82) is 0 Å². The fraction of sp³-hybridized carbons (Fsp3) is 0.438. The van der Waals surface area contributed by atoms with Gasteiger partial charge in [0.1, 0.15) is 5.75 Å². The number of nitrogens with one attached hydrogen (secondary N) is 1. The molecule has 124 valence electrons. The van der Waals surface area contributed by atoms with Crippen LogP contribution in [0.5, 0.6) is 5.75 Å². The Labute approximate surface area is 134 Å². The number of hydrogen-bond donors (Lipinski definition) is 1. The molecule has 0 aliphatic heterocycles. The lowest BCUT2D eigenvalue weighted by atomic mass is 10.3. The van der Waals surface area contributed by atoms with Crippen LogP contribution in [0.2, 0.25) is 0 Å². The van der Waals surface area contributed by atoms with Gasteiger partial charge < -0.3 is 10.1 Å². The van der Waals surface area contributed by atoms with Crippen molar-refractivity contribution in [1.82, 2.24) is 14.1 Å². The maximum absolute atomic E-state index is 12.2. The van der Waals surface area contributed by atoms with E-state index in [1.54, 1.807) is 33.0 Å². The zero-order valence-electron chi connectivity index (χ0n) is 14.0. The van der Waals surface area contributed by atoms with E-state index in [1.807, 2.05) is 26.0 Å². The zero-order chi connectivity index (χ0) is 17.1. The van der Waals surface area contributed by atoms with Gasteiger partial charge >= 0.3 is 11.4 Å². The molecule has 2 aromatic rings. The van der Waals surface area contributed by atoms with E-state index >= 15 is 0 Å². The lowest BCUT2D eigenvalue weighted by Gasteiger charge is -2.14. The Kier molecular flexibility index (Phi) is 4.88. The lowest BCUT2D eigenvalue weighted by Crippen LogP contribution is -2.42. The van der Waals surface area contributed by atoms with Crippen molar-refractivity contribution in [3.05, 3.63) is 45.2 Å². The van der Waals surface area contributed by atoms with Gasteiger partial charge in [-0.3, -0.25) is 4.57 Å². The van der Waals surface area contributed by atoms with Gasteiger partial charge in [-0.05, 0) is 52.0 Å². The second kappa shape index (κ2) is 6.68. The molecule has 2 rings (SSSR count). The van der Waals surface area contributed by atoms with Gasteiger partial charge in [-0.2, -0.15) is 4.98 Å². The molecule has 7 nitrogen and oxygen atoms in total. The lowest BCUT2D eigenvalue weighted by molar-refractivity contribution is 0.242. The third-order valence-corrected chi connectivity index (χ3v) is 3.22. The normalized spacial score (nSPS) is 11.1. The van der Waals surface area contributed by atoms with Gasteiger partial charge in [0.2, 0.25) is 5.95 Å². The standard InChI is InChI=1S/C16H22N4O3/c1-10(2)20-15(21)18-14(19(5)16(20)22)17-12-6-8-13(9-7-12)23-11(3)4/h6-11H,1-5H3,(H,17,18,21). The molecule has 0 amide bonds. The molecule has 0 atom stereocenters. The average molecular weight is 318 g/mol. The maximum atomic E-state index is 12.2. The highest BCUT2D eigenvalue weighted by atomic mass is 16.5. The zero-order valence-corrected chi connectivity index (χ0v) is 14.0. The Balaban J connectivity index is 2.30. The minimum absolute atomic E-state index is 0.0971. The molecule has 0 saturated heterocycles. The van der Waals surface area contributed by atoms with E-state index in [0.29, 0.717) is 5.69 Å². The van der Waals surface area contributed by atoms with Crippen LogP contribution in [0, 0.1) is 0 Å². The van der Waals surface area contributed by atoms with Gasteiger partial charge in [0.25, 0.3) is 0 Å². The summed E-state index contributed by atoms with van der Waals surface area (Å²) in [7, 11) is 1.58. The number of aromatic nitrogens is 3. The quantitative estimate of drug-likeness (QED) is 0.913. The molecular weight excluding hydrogens is 296 g/mol. The Hall–Kier alpha value is -2.57. The molecule has 23 heavy (non-hydrogen) atoms. The van der Waals surface area contributed by atoms with Crippen LogP contribution in [0.3, 0.4) is 0 Å². The van der Waals surface area contributed by atoms with Crippen LogP contribution in [0.15, 0.2) is 33.9 Å². The van der Waals surface area contributed by atoms with Crippen molar-refractivity contribution in [3.8, 4) is 5.75 Å². The fourth-order valence-corrected chi connectivity index (χ4v) is 2.13. The average Bonchev–Trinajstić information content (AvgIpc) is 2.45. The molecule has 0 spiro atoms. The van der Waals surface area contributed by atoms with Gasteiger partial charge in [-0.25, -0.2) is 14.2 Å². The van der Waals surface area contributed by atoms with E-state index in [9.17, 15) is 9.59 Å². The summed E-state index contributed by atoms with van der Waals surface area (Å²) in [6.45, 7) is 7.45. The summed E-state index contributed by atoms with van der Waals surface area (Å²) < 4.78 is 8.01. The summed E-state index contributed by atoms with van der Waals surface area (Å²) in [6, 6.07) is 7.00. The monoisotopic (exact) mass is 318 g/mol. The Morgan fingerprint density at radius 3 is 2.22 bits per heavy atom. The number of nitrogens with zero attached hydrogens (tertiary/aromatic N) is 3. The topological polar surface area (TPSA) is 78.2 Å². The molecule has 0 radical (unpaired) electrons. The maximum Gasteiger partial charge on any atom is 0.355 e. The first-order valence-corrected chi connectivity index (χ1v) is 7.53. The third-order valence-electron chi connectivity index (χ3n) is 3.22. The Morgan fingerprint density at radius 2 is 1.70 bits per heavy atom. The summed E-state index contributed by atoms with van der Waals surface area (Å²) in [6.07, 6.45) is 0.0971. The van der Waals surface area contributed by atoms with Crippen LogP contribution >= 0.6 is 0 Å². The number of anilines is 2. The van der Waals surface area contributed by atoms with E-state index in [-0.39, 0.29) is 18.1 Å². The Morgan fingerprint density at radius 1 is 1.09 bits per heavy atom. The summed E-state index contributed by atoms with van der Waals surface area (Å²) in [5, 5.41) is 2.98. The highest BCUT2D eigenvalue weighted by molar-refractivity contribution is 5.54.